The van der Waals surface area contributed by atoms with Crippen LogP contribution < -0.4 is 4.90 Å². The lowest BCUT2D eigenvalue weighted by atomic mass is 10.1. The Morgan fingerprint density at radius 1 is 1.10 bits per heavy atom. The van der Waals surface area contributed by atoms with Gasteiger partial charge in [-0.05, 0) is 43.3 Å². The fourth-order valence-electron chi connectivity index (χ4n) is 2.28. The molecule has 3 nitrogen and oxygen atoms in total. The highest BCUT2D eigenvalue weighted by atomic mass is 16.1. The average molecular weight is 272 g/mol. The first-order chi connectivity index (χ1) is 9.56. The summed E-state index contributed by atoms with van der Waals surface area (Å²) in [4.78, 5) is 16.7. The fourth-order valence-corrected chi connectivity index (χ4v) is 2.28. The molecule has 0 N–H and O–H groups in total. The number of nitrogens with zero attached hydrogens (tertiary/aromatic N) is 2. The SMILES string of the molecule is CC(C)/C=C/C(=O)c1ccc(N2CCN(C)CC2)cc1. The largest absolute Gasteiger partial charge is 0.369 e. The van der Waals surface area contributed by atoms with Gasteiger partial charge in [-0.1, -0.05) is 19.9 Å². The van der Waals surface area contributed by atoms with Gasteiger partial charge >= 0.3 is 0 Å². The Balaban J connectivity index is 2.01. The van der Waals surface area contributed by atoms with Crippen LogP contribution in [0.25, 0.3) is 0 Å². The lowest BCUT2D eigenvalue weighted by molar-refractivity contribution is 0.104. The zero-order valence-corrected chi connectivity index (χ0v) is 12.7. The molecule has 1 aromatic rings. The molecule has 1 saturated heterocycles. The van der Waals surface area contributed by atoms with Crippen LogP contribution in [0.4, 0.5) is 5.69 Å². The third kappa shape index (κ3) is 3.94. The van der Waals surface area contributed by atoms with Crippen molar-refractivity contribution >= 4 is 11.5 Å². The number of likely N-dealkylation sites (N-methyl/N-ethyl adjacent to an activating group) is 1. The van der Waals surface area contributed by atoms with E-state index in [9.17, 15) is 4.79 Å². The maximum absolute atomic E-state index is 12.0. The Hall–Kier alpha value is -1.61. The van der Waals surface area contributed by atoms with Crippen molar-refractivity contribution in [2.75, 3.05) is 38.1 Å². The van der Waals surface area contributed by atoms with Crippen molar-refractivity contribution < 1.29 is 4.79 Å². The molecule has 3 heteroatoms. The minimum Gasteiger partial charge on any atom is -0.369 e. The van der Waals surface area contributed by atoms with Crippen LogP contribution >= 0.6 is 0 Å². The van der Waals surface area contributed by atoms with Gasteiger partial charge in [-0.25, -0.2) is 0 Å². The van der Waals surface area contributed by atoms with Gasteiger partial charge in [0, 0.05) is 37.4 Å². The number of allylic oxidation sites excluding steroid dienone is 2. The number of ketones is 1. The van der Waals surface area contributed by atoms with E-state index in [4.69, 9.17) is 0 Å². The average Bonchev–Trinajstić information content (AvgIpc) is 2.46. The monoisotopic (exact) mass is 272 g/mol. The summed E-state index contributed by atoms with van der Waals surface area (Å²) in [6.07, 6.45) is 3.62. The molecule has 20 heavy (non-hydrogen) atoms. The van der Waals surface area contributed by atoms with Crippen molar-refractivity contribution in [3.8, 4) is 0 Å². The summed E-state index contributed by atoms with van der Waals surface area (Å²) in [5, 5.41) is 0. The maximum Gasteiger partial charge on any atom is 0.185 e. The molecule has 1 heterocycles. The molecule has 0 bridgehead atoms. The van der Waals surface area contributed by atoms with Gasteiger partial charge in [0.05, 0.1) is 0 Å². The molecule has 1 fully saturated rings. The Morgan fingerprint density at radius 3 is 2.25 bits per heavy atom. The predicted octanol–water partition coefficient (Wildman–Crippen LogP) is 2.83. The summed E-state index contributed by atoms with van der Waals surface area (Å²) in [5.74, 6) is 0.493. The van der Waals surface area contributed by atoms with Crippen LogP contribution in [0.3, 0.4) is 0 Å². The number of carbonyl (C=O) groups is 1. The number of piperazine rings is 1. The highest BCUT2D eigenvalue weighted by molar-refractivity contribution is 6.04. The molecule has 1 aromatic carbocycles. The van der Waals surface area contributed by atoms with Crippen molar-refractivity contribution in [1.29, 1.82) is 0 Å². The molecule has 1 aliphatic heterocycles. The van der Waals surface area contributed by atoms with Gasteiger partial charge in [-0.3, -0.25) is 4.79 Å². The molecule has 0 aliphatic carbocycles. The molecule has 0 amide bonds. The van der Waals surface area contributed by atoms with E-state index in [1.165, 1.54) is 5.69 Å². The molecular weight excluding hydrogens is 248 g/mol. The quantitative estimate of drug-likeness (QED) is 0.622. The molecule has 2 rings (SSSR count). The van der Waals surface area contributed by atoms with Crippen LogP contribution in [0.2, 0.25) is 0 Å². The van der Waals surface area contributed by atoms with E-state index in [-0.39, 0.29) is 5.78 Å². The Morgan fingerprint density at radius 2 is 1.70 bits per heavy atom. The molecular formula is C17H24N2O. The Bertz CT molecular complexity index is 468. The van der Waals surface area contributed by atoms with Crippen LogP contribution in [-0.4, -0.2) is 43.9 Å². The van der Waals surface area contributed by atoms with Crippen molar-refractivity contribution in [1.82, 2.24) is 4.90 Å². The molecule has 0 spiro atoms. The van der Waals surface area contributed by atoms with Crippen molar-refractivity contribution in [3.63, 3.8) is 0 Å². The second-order valence-electron chi connectivity index (χ2n) is 5.80. The summed E-state index contributed by atoms with van der Waals surface area (Å²) in [6, 6.07) is 7.98. The minimum atomic E-state index is 0.0867. The molecule has 108 valence electrons. The van der Waals surface area contributed by atoms with Crippen LogP contribution in [0.5, 0.6) is 0 Å². The predicted molar refractivity (Wildman–Crippen MR) is 84.5 cm³/mol. The first-order valence-corrected chi connectivity index (χ1v) is 7.32. The molecule has 0 radical (unpaired) electrons. The topological polar surface area (TPSA) is 23.6 Å². The zero-order chi connectivity index (χ0) is 14.5. The van der Waals surface area contributed by atoms with Crippen LogP contribution in [0.1, 0.15) is 24.2 Å². The van der Waals surface area contributed by atoms with E-state index in [1.807, 2.05) is 18.2 Å². The third-order valence-corrected chi connectivity index (χ3v) is 3.65. The van der Waals surface area contributed by atoms with Gasteiger partial charge in [-0.2, -0.15) is 0 Å². The van der Waals surface area contributed by atoms with E-state index >= 15 is 0 Å². The number of carbonyl (C=O) groups excluding carboxylic acids is 1. The zero-order valence-electron chi connectivity index (χ0n) is 12.7. The first-order valence-electron chi connectivity index (χ1n) is 7.32. The van der Waals surface area contributed by atoms with Crippen LogP contribution in [0, 0.1) is 5.92 Å². The number of hydrogen-bond acceptors (Lipinski definition) is 3. The molecule has 0 saturated carbocycles. The smallest absolute Gasteiger partial charge is 0.185 e. The van der Waals surface area contributed by atoms with Gasteiger partial charge in [0.25, 0.3) is 0 Å². The number of benzene rings is 1. The highest BCUT2D eigenvalue weighted by Crippen LogP contribution is 2.17. The minimum absolute atomic E-state index is 0.0867. The standard InChI is InChI=1S/C17H24N2O/c1-14(2)4-9-17(20)15-5-7-16(8-6-15)19-12-10-18(3)11-13-19/h4-9,14H,10-13H2,1-3H3/b9-4+. The molecule has 0 atom stereocenters. The molecule has 0 unspecified atom stereocenters. The van der Waals surface area contributed by atoms with Gasteiger partial charge in [0.15, 0.2) is 5.78 Å². The molecule has 1 aliphatic rings. The normalized spacial score (nSPS) is 17.1. The summed E-state index contributed by atoms with van der Waals surface area (Å²) in [7, 11) is 2.15. The highest BCUT2D eigenvalue weighted by Gasteiger charge is 2.14. The van der Waals surface area contributed by atoms with Gasteiger partial charge in [0.2, 0.25) is 0 Å². The van der Waals surface area contributed by atoms with Gasteiger partial charge < -0.3 is 9.80 Å². The van der Waals surface area contributed by atoms with E-state index in [0.717, 1.165) is 31.7 Å². The number of rotatable bonds is 4. The Kier molecular flexibility index (Phi) is 4.96. The number of hydrogen-bond donors (Lipinski definition) is 0. The van der Waals surface area contributed by atoms with Crippen LogP contribution in [0.15, 0.2) is 36.4 Å². The van der Waals surface area contributed by atoms with Gasteiger partial charge in [-0.15, -0.1) is 0 Å². The van der Waals surface area contributed by atoms with Crippen molar-refractivity contribution in [3.05, 3.63) is 42.0 Å². The van der Waals surface area contributed by atoms with Crippen molar-refractivity contribution in [2.45, 2.75) is 13.8 Å². The van der Waals surface area contributed by atoms with E-state index in [1.54, 1.807) is 6.08 Å². The maximum atomic E-state index is 12.0. The van der Waals surface area contributed by atoms with Crippen LogP contribution in [-0.2, 0) is 0 Å². The lowest BCUT2D eigenvalue weighted by Crippen LogP contribution is -2.44. The summed E-state index contributed by atoms with van der Waals surface area (Å²) in [5.41, 5.74) is 1.97. The second-order valence-corrected chi connectivity index (χ2v) is 5.80. The first kappa shape index (κ1) is 14.8. The third-order valence-electron chi connectivity index (χ3n) is 3.65. The Labute approximate surface area is 121 Å². The van der Waals surface area contributed by atoms with Crippen molar-refractivity contribution in [2.24, 2.45) is 5.92 Å². The second kappa shape index (κ2) is 6.71. The summed E-state index contributed by atoms with van der Waals surface area (Å²) >= 11 is 0. The summed E-state index contributed by atoms with van der Waals surface area (Å²) < 4.78 is 0. The van der Waals surface area contributed by atoms with E-state index in [0.29, 0.717) is 5.92 Å². The van der Waals surface area contributed by atoms with E-state index < -0.39 is 0 Å². The summed E-state index contributed by atoms with van der Waals surface area (Å²) in [6.45, 7) is 8.43. The molecule has 0 aromatic heterocycles. The van der Waals surface area contributed by atoms with Gasteiger partial charge in [0.1, 0.15) is 0 Å². The lowest BCUT2D eigenvalue weighted by Gasteiger charge is -2.34. The number of anilines is 1. The van der Waals surface area contributed by atoms with E-state index in [2.05, 4.69) is 42.8 Å². The fraction of sp³-hybridized carbons (Fsp3) is 0.471.